The maximum atomic E-state index is 6.34. The molecule has 2 rings (SSSR count). The van der Waals surface area contributed by atoms with Gasteiger partial charge in [0, 0.05) is 31.9 Å². The molecule has 0 amide bonds. The molecule has 0 aromatic carbocycles. The summed E-state index contributed by atoms with van der Waals surface area (Å²) in [5, 5.41) is 0. The van der Waals surface area contributed by atoms with Gasteiger partial charge in [0.15, 0.2) is 0 Å². The van der Waals surface area contributed by atoms with Crippen LogP contribution in [0.25, 0.3) is 0 Å². The second-order valence-corrected chi connectivity index (χ2v) is 6.24. The maximum Gasteiger partial charge on any atom is 0.109 e. The first kappa shape index (κ1) is 11.6. The van der Waals surface area contributed by atoms with Crippen molar-refractivity contribution in [1.82, 2.24) is 9.55 Å². The first-order valence-corrected chi connectivity index (χ1v) is 6.00. The summed E-state index contributed by atoms with van der Waals surface area (Å²) in [6, 6.07) is 0.214. The largest absolute Gasteiger partial charge is 0.338 e. The van der Waals surface area contributed by atoms with Gasteiger partial charge >= 0.3 is 0 Å². The molecule has 3 nitrogen and oxygen atoms in total. The third-order valence-electron chi connectivity index (χ3n) is 4.90. The lowest BCUT2D eigenvalue weighted by atomic mass is 10.0. The molecule has 16 heavy (non-hydrogen) atoms. The lowest BCUT2D eigenvalue weighted by Crippen LogP contribution is -2.29. The van der Waals surface area contributed by atoms with Gasteiger partial charge in [0.2, 0.25) is 0 Å². The molecule has 0 radical (unpaired) electrons. The molecular weight excluding hydrogens is 198 g/mol. The quantitative estimate of drug-likeness (QED) is 0.848. The Morgan fingerprint density at radius 1 is 1.38 bits per heavy atom. The van der Waals surface area contributed by atoms with Gasteiger partial charge in [-0.1, -0.05) is 27.7 Å². The van der Waals surface area contributed by atoms with Crippen molar-refractivity contribution in [1.29, 1.82) is 0 Å². The summed E-state index contributed by atoms with van der Waals surface area (Å²) in [6.07, 6.45) is 4.69. The van der Waals surface area contributed by atoms with Crippen molar-refractivity contribution >= 4 is 0 Å². The number of aromatic nitrogens is 2. The van der Waals surface area contributed by atoms with Gasteiger partial charge in [0.05, 0.1) is 0 Å². The third kappa shape index (κ3) is 1.49. The van der Waals surface area contributed by atoms with Gasteiger partial charge in [-0.25, -0.2) is 4.98 Å². The molecule has 90 valence electrons. The highest BCUT2D eigenvalue weighted by Gasteiger charge is 2.66. The highest BCUT2D eigenvalue weighted by molar-refractivity contribution is 5.17. The van der Waals surface area contributed by atoms with E-state index in [1.165, 1.54) is 0 Å². The monoisotopic (exact) mass is 221 g/mol. The standard InChI is InChI=1S/C13H23N3/c1-12(2)11(13(12,3)4)9(14)8-10-15-6-7-16(10)5/h6-7,9,11H,8,14H2,1-5H3. The second-order valence-electron chi connectivity index (χ2n) is 6.24. The number of hydrogen-bond donors (Lipinski definition) is 1. The van der Waals surface area contributed by atoms with E-state index in [-0.39, 0.29) is 6.04 Å². The van der Waals surface area contributed by atoms with Crippen LogP contribution in [0, 0.1) is 16.7 Å². The molecule has 0 bridgehead atoms. The van der Waals surface area contributed by atoms with Gasteiger partial charge < -0.3 is 10.3 Å². The van der Waals surface area contributed by atoms with Crippen LogP contribution in [-0.2, 0) is 13.5 Å². The molecular formula is C13H23N3. The van der Waals surface area contributed by atoms with E-state index in [0.29, 0.717) is 16.7 Å². The summed E-state index contributed by atoms with van der Waals surface area (Å²) in [7, 11) is 2.03. The van der Waals surface area contributed by atoms with E-state index in [1.54, 1.807) is 0 Å². The van der Waals surface area contributed by atoms with Crippen LogP contribution in [0.5, 0.6) is 0 Å². The summed E-state index contributed by atoms with van der Waals surface area (Å²) in [6.45, 7) is 9.26. The number of nitrogens with zero attached hydrogens (tertiary/aromatic N) is 2. The van der Waals surface area contributed by atoms with Crippen molar-refractivity contribution < 1.29 is 0 Å². The van der Waals surface area contributed by atoms with E-state index >= 15 is 0 Å². The van der Waals surface area contributed by atoms with Crippen LogP contribution in [0.15, 0.2) is 12.4 Å². The van der Waals surface area contributed by atoms with Crippen LogP contribution in [0.4, 0.5) is 0 Å². The fourth-order valence-electron chi connectivity index (χ4n) is 3.24. The van der Waals surface area contributed by atoms with Crippen LogP contribution in [0.2, 0.25) is 0 Å². The average molecular weight is 221 g/mol. The summed E-state index contributed by atoms with van der Waals surface area (Å²) < 4.78 is 2.06. The highest BCUT2D eigenvalue weighted by atomic mass is 15.0. The Hall–Kier alpha value is -0.830. The zero-order chi connectivity index (χ0) is 12.1. The molecule has 1 fully saturated rings. The van der Waals surface area contributed by atoms with Gasteiger partial charge in [-0.3, -0.25) is 0 Å². The summed E-state index contributed by atoms with van der Waals surface area (Å²) in [5.74, 6) is 1.68. The molecule has 1 aromatic heterocycles. The van der Waals surface area contributed by atoms with Gasteiger partial charge in [-0.15, -0.1) is 0 Å². The topological polar surface area (TPSA) is 43.8 Å². The van der Waals surface area contributed by atoms with Crippen molar-refractivity contribution in [2.24, 2.45) is 29.5 Å². The molecule has 1 heterocycles. The lowest BCUT2D eigenvalue weighted by molar-refractivity contribution is 0.457. The molecule has 2 N–H and O–H groups in total. The Balaban J connectivity index is 2.07. The molecule has 3 heteroatoms. The van der Waals surface area contributed by atoms with E-state index in [4.69, 9.17) is 5.73 Å². The first-order chi connectivity index (χ1) is 7.28. The molecule has 0 saturated heterocycles. The van der Waals surface area contributed by atoms with Crippen LogP contribution in [0.1, 0.15) is 33.5 Å². The van der Waals surface area contributed by atoms with Crippen LogP contribution < -0.4 is 5.73 Å². The van der Waals surface area contributed by atoms with Gasteiger partial charge in [-0.2, -0.15) is 0 Å². The van der Waals surface area contributed by atoms with Crippen LogP contribution in [0.3, 0.4) is 0 Å². The predicted octanol–water partition coefficient (Wildman–Crippen LogP) is 1.97. The zero-order valence-electron chi connectivity index (χ0n) is 11.0. The fourth-order valence-corrected chi connectivity index (χ4v) is 3.24. The molecule has 1 aromatic rings. The van der Waals surface area contributed by atoms with E-state index in [9.17, 15) is 0 Å². The number of hydrogen-bond acceptors (Lipinski definition) is 2. The molecule has 1 aliphatic rings. The van der Waals surface area contributed by atoms with Crippen LogP contribution in [-0.4, -0.2) is 15.6 Å². The molecule has 0 spiro atoms. The minimum absolute atomic E-state index is 0.214. The van der Waals surface area contributed by atoms with Gasteiger partial charge in [0.25, 0.3) is 0 Å². The van der Waals surface area contributed by atoms with Crippen molar-refractivity contribution in [3.63, 3.8) is 0 Å². The number of aryl methyl sites for hydroxylation is 1. The summed E-state index contributed by atoms with van der Waals surface area (Å²) >= 11 is 0. The Morgan fingerprint density at radius 2 is 1.94 bits per heavy atom. The Labute approximate surface area is 98.1 Å². The minimum atomic E-state index is 0.214. The third-order valence-corrected chi connectivity index (χ3v) is 4.90. The Morgan fingerprint density at radius 3 is 2.31 bits per heavy atom. The fraction of sp³-hybridized carbons (Fsp3) is 0.769. The van der Waals surface area contributed by atoms with E-state index < -0.39 is 0 Å². The zero-order valence-corrected chi connectivity index (χ0v) is 11.0. The van der Waals surface area contributed by atoms with Crippen molar-refractivity contribution in [2.45, 2.75) is 40.2 Å². The maximum absolute atomic E-state index is 6.34. The average Bonchev–Trinajstić information content (AvgIpc) is 2.44. The summed E-state index contributed by atoms with van der Waals surface area (Å²) in [4.78, 5) is 4.34. The predicted molar refractivity (Wildman–Crippen MR) is 65.9 cm³/mol. The van der Waals surface area contributed by atoms with Gasteiger partial charge in [-0.05, 0) is 16.7 Å². The number of nitrogens with two attached hydrogens (primary N) is 1. The highest BCUT2D eigenvalue weighted by Crippen LogP contribution is 2.69. The molecule has 1 aliphatic carbocycles. The number of imidazole rings is 1. The Bertz CT molecular complexity index is 376. The minimum Gasteiger partial charge on any atom is -0.338 e. The molecule has 1 atom stereocenters. The van der Waals surface area contributed by atoms with Crippen molar-refractivity contribution in [3.8, 4) is 0 Å². The lowest BCUT2D eigenvalue weighted by Gasteiger charge is -2.13. The summed E-state index contributed by atoms with van der Waals surface area (Å²) in [5.41, 5.74) is 7.05. The Kier molecular flexibility index (Phi) is 2.42. The normalized spacial score (nSPS) is 24.4. The van der Waals surface area contributed by atoms with Gasteiger partial charge in [0.1, 0.15) is 5.82 Å². The molecule has 0 aliphatic heterocycles. The van der Waals surface area contributed by atoms with E-state index in [1.807, 2.05) is 19.4 Å². The van der Waals surface area contributed by atoms with Crippen molar-refractivity contribution in [2.75, 3.05) is 0 Å². The van der Waals surface area contributed by atoms with E-state index in [0.717, 1.165) is 12.2 Å². The first-order valence-electron chi connectivity index (χ1n) is 6.00. The van der Waals surface area contributed by atoms with E-state index in [2.05, 4.69) is 37.2 Å². The molecule has 1 saturated carbocycles. The number of rotatable bonds is 3. The second kappa shape index (κ2) is 3.33. The van der Waals surface area contributed by atoms with Crippen LogP contribution >= 0.6 is 0 Å². The van der Waals surface area contributed by atoms with Crippen molar-refractivity contribution in [3.05, 3.63) is 18.2 Å². The molecule has 1 unspecified atom stereocenters. The smallest absolute Gasteiger partial charge is 0.109 e. The SMILES string of the molecule is Cn1ccnc1CC(N)C1C(C)(C)C1(C)C.